The zero-order valence-electron chi connectivity index (χ0n) is 14.1. The van der Waals surface area contributed by atoms with Crippen molar-refractivity contribution in [1.29, 1.82) is 0 Å². The molecule has 2 spiro atoms. The lowest BCUT2D eigenvalue weighted by atomic mass is 9.33. The highest BCUT2D eigenvalue weighted by atomic mass is 16.7. The maximum Gasteiger partial charge on any atom is 0.164 e. The fraction of sp³-hybridized carbons (Fsp3) is 0.900. The van der Waals surface area contributed by atoms with Gasteiger partial charge in [-0.25, -0.2) is 0 Å². The first-order valence-corrected chi connectivity index (χ1v) is 9.66. The molecule has 3 heteroatoms. The normalized spacial score (nSPS) is 65.6. The minimum absolute atomic E-state index is 0.00457. The van der Waals surface area contributed by atoms with Crippen molar-refractivity contribution >= 4 is 0 Å². The SMILES string of the molecule is C=C1[C@H]2CC[C@]3(C(C2)[C@@]24CCC[C@@]5(C)CO[C@@H]2O[C@@H]3CC54)[C@H]1O. The predicted molar refractivity (Wildman–Crippen MR) is 85.5 cm³/mol. The average Bonchev–Trinajstić information content (AvgIpc) is 2.55. The lowest BCUT2D eigenvalue weighted by Crippen LogP contribution is -2.79. The van der Waals surface area contributed by atoms with E-state index in [0.29, 0.717) is 17.3 Å². The van der Waals surface area contributed by atoms with E-state index in [0.717, 1.165) is 30.9 Å². The highest BCUT2D eigenvalue weighted by molar-refractivity contribution is 5.31. The van der Waals surface area contributed by atoms with Gasteiger partial charge in [0.1, 0.15) is 0 Å². The van der Waals surface area contributed by atoms with Crippen molar-refractivity contribution in [3.05, 3.63) is 12.2 Å². The van der Waals surface area contributed by atoms with Gasteiger partial charge in [-0.1, -0.05) is 19.9 Å². The molecule has 2 unspecified atom stereocenters. The van der Waals surface area contributed by atoms with Crippen LogP contribution < -0.4 is 0 Å². The van der Waals surface area contributed by atoms with Gasteiger partial charge in [-0.05, 0) is 67.3 Å². The van der Waals surface area contributed by atoms with Crippen LogP contribution in [0.4, 0.5) is 0 Å². The van der Waals surface area contributed by atoms with E-state index in [1.54, 1.807) is 0 Å². The van der Waals surface area contributed by atoms with Crippen molar-refractivity contribution in [2.75, 3.05) is 6.61 Å². The van der Waals surface area contributed by atoms with Gasteiger partial charge in [-0.15, -0.1) is 0 Å². The highest BCUT2D eigenvalue weighted by Gasteiger charge is 2.78. The molecule has 1 N–H and O–H groups in total. The van der Waals surface area contributed by atoms with Crippen LogP contribution in [0.3, 0.4) is 0 Å². The summed E-state index contributed by atoms with van der Waals surface area (Å²) in [6.07, 6.45) is 8.36. The fourth-order valence-electron chi connectivity index (χ4n) is 8.42. The van der Waals surface area contributed by atoms with Crippen LogP contribution in [0.25, 0.3) is 0 Å². The smallest absolute Gasteiger partial charge is 0.164 e. The lowest BCUT2D eigenvalue weighted by molar-refractivity contribution is -0.437. The summed E-state index contributed by atoms with van der Waals surface area (Å²) in [7, 11) is 0. The molecule has 9 atom stereocenters. The molecule has 8 fully saturated rings. The van der Waals surface area contributed by atoms with Gasteiger partial charge >= 0.3 is 0 Å². The Balaban J connectivity index is 1.56. The zero-order valence-corrected chi connectivity index (χ0v) is 14.1. The fourth-order valence-corrected chi connectivity index (χ4v) is 8.42. The molecule has 23 heavy (non-hydrogen) atoms. The largest absolute Gasteiger partial charge is 0.388 e. The third kappa shape index (κ3) is 1.25. The van der Waals surface area contributed by atoms with Crippen LogP contribution in [0, 0.1) is 34.0 Å². The molecule has 3 saturated heterocycles. The molecule has 0 aromatic carbocycles. The van der Waals surface area contributed by atoms with Crippen molar-refractivity contribution in [1.82, 2.24) is 0 Å². The van der Waals surface area contributed by atoms with Crippen LogP contribution in [-0.4, -0.2) is 30.2 Å². The monoisotopic (exact) mass is 316 g/mol. The van der Waals surface area contributed by atoms with Gasteiger partial charge in [0.05, 0.1) is 18.8 Å². The van der Waals surface area contributed by atoms with Gasteiger partial charge in [0.2, 0.25) is 0 Å². The van der Waals surface area contributed by atoms with Gasteiger partial charge in [0.15, 0.2) is 6.29 Å². The molecule has 0 aromatic rings. The van der Waals surface area contributed by atoms with E-state index in [1.807, 2.05) is 0 Å². The summed E-state index contributed by atoms with van der Waals surface area (Å²) >= 11 is 0. The Bertz CT molecular complexity index is 602. The molecule has 5 saturated carbocycles. The van der Waals surface area contributed by atoms with Crippen LogP contribution >= 0.6 is 0 Å². The van der Waals surface area contributed by atoms with Crippen molar-refractivity contribution in [2.24, 2.45) is 34.0 Å². The minimum Gasteiger partial charge on any atom is -0.388 e. The van der Waals surface area contributed by atoms with Gasteiger partial charge in [-0.3, -0.25) is 0 Å². The van der Waals surface area contributed by atoms with Crippen LogP contribution in [0.1, 0.15) is 51.9 Å². The number of ether oxygens (including phenoxy) is 2. The quantitative estimate of drug-likeness (QED) is 0.697. The molecule has 0 amide bonds. The van der Waals surface area contributed by atoms with E-state index >= 15 is 0 Å². The average molecular weight is 316 g/mol. The molecule has 7 bridgehead atoms. The first kappa shape index (κ1) is 13.9. The molecule has 126 valence electrons. The first-order chi connectivity index (χ1) is 11.0. The Kier molecular flexibility index (Phi) is 2.34. The molecule has 5 aliphatic carbocycles. The number of hydrogen-bond donors (Lipinski definition) is 1. The molecule has 8 rings (SSSR count). The van der Waals surface area contributed by atoms with Crippen molar-refractivity contribution in [3.63, 3.8) is 0 Å². The number of fused-ring (bicyclic) bond motifs is 2. The van der Waals surface area contributed by atoms with Gasteiger partial charge < -0.3 is 14.6 Å². The van der Waals surface area contributed by atoms with Gasteiger partial charge in [0, 0.05) is 10.8 Å². The predicted octanol–water partition coefficient (Wildman–Crippen LogP) is 3.27. The third-order valence-electron chi connectivity index (χ3n) is 9.32. The van der Waals surface area contributed by atoms with Crippen LogP contribution in [-0.2, 0) is 9.47 Å². The summed E-state index contributed by atoms with van der Waals surface area (Å²) in [6, 6.07) is 0. The van der Waals surface area contributed by atoms with E-state index in [-0.39, 0.29) is 29.3 Å². The topological polar surface area (TPSA) is 38.7 Å². The van der Waals surface area contributed by atoms with Gasteiger partial charge in [0.25, 0.3) is 0 Å². The molecule has 3 nitrogen and oxygen atoms in total. The van der Waals surface area contributed by atoms with Crippen molar-refractivity contribution in [2.45, 2.75) is 70.4 Å². The second kappa shape index (κ2) is 3.89. The summed E-state index contributed by atoms with van der Waals surface area (Å²) in [6.45, 7) is 7.60. The molecular formula is C20H28O3. The minimum atomic E-state index is -0.351. The maximum atomic E-state index is 11.2. The van der Waals surface area contributed by atoms with Crippen LogP contribution in [0.15, 0.2) is 12.2 Å². The summed E-state index contributed by atoms with van der Waals surface area (Å²) in [4.78, 5) is 0. The second-order valence-electron chi connectivity index (χ2n) is 9.79. The number of aliphatic hydroxyl groups is 1. The summed E-state index contributed by atoms with van der Waals surface area (Å²) < 4.78 is 12.9. The van der Waals surface area contributed by atoms with Crippen LogP contribution in [0.5, 0.6) is 0 Å². The Morgan fingerprint density at radius 3 is 2.87 bits per heavy atom. The second-order valence-corrected chi connectivity index (χ2v) is 9.79. The highest BCUT2D eigenvalue weighted by Crippen LogP contribution is 2.77. The standard InChI is InChI=1S/C20H28O3/c1-11-12-4-7-20(16(11)21)14(8-12)19-6-3-5-18(2)10-22-17(19)23-15(20)9-13(18)19/h12-17,21H,1,3-10H2,2H3/t12-,13?,14?,15+,16-,17+,18-,19-,20+/m0/s1. The number of hydrogen-bond acceptors (Lipinski definition) is 3. The van der Waals surface area contributed by atoms with Crippen molar-refractivity contribution in [3.8, 4) is 0 Å². The molecule has 3 aliphatic heterocycles. The number of aliphatic hydroxyl groups excluding tert-OH is 1. The molecular weight excluding hydrogens is 288 g/mol. The van der Waals surface area contributed by atoms with E-state index in [9.17, 15) is 5.11 Å². The lowest BCUT2D eigenvalue weighted by Gasteiger charge is -2.77. The maximum absolute atomic E-state index is 11.2. The summed E-state index contributed by atoms with van der Waals surface area (Å²) in [5.41, 5.74) is 1.54. The van der Waals surface area contributed by atoms with E-state index in [4.69, 9.17) is 9.47 Å². The van der Waals surface area contributed by atoms with E-state index < -0.39 is 0 Å². The molecule has 0 radical (unpaired) electrons. The molecule has 3 heterocycles. The third-order valence-corrected chi connectivity index (χ3v) is 9.32. The Morgan fingerprint density at radius 2 is 2.00 bits per heavy atom. The van der Waals surface area contributed by atoms with Gasteiger partial charge in [-0.2, -0.15) is 0 Å². The summed E-state index contributed by atoms with van der Waals surface area (Å²) in [5.74, 6) is 1.84. The van der Waals surface area contributed by atoms with E-state index in [1.165, 1.54) is 32.1 Å². The Morgan fingerprint density at radius 1 is 1.13 bits per heavy atom. The molecule has 0 aromatic heterocycles. The van der Waals surface area contributed by atoms with E-state index in [2.05, 4.69) is 13.5 Å². The molecule has 8 aliphatic rings. The Labute approximate surface area is 138 Å². The zero-order chi connectivity index (χ0) is 15.6. The Hall–Kier alpha value is -0.380. The number of rotatable bonds is 0. The van der Waals surface area contributed by atoms with Crippen LogP contribution in [0.2, 0.25) is 0 Å². The first-order valence-electron chi connectivity index (χ1n) is 9.66. The summed E-state index contributed by atoms with van der Waals surface area (Å²) in [5, 5.41) is 11.2. The van der Waals surface area contributed by atoms with Crippen molar-refractivity contribution < 1.29 is 14.6 Å².